The van der Waals surface area contributed by atoms with Crippen LogP contribution >= 0.6 is 23.5 Å². The Hall–Kier alpha value is -0.460. The van der Waals surface area contributed by atoms with Crippen molar-refractivity contribution in [3.05, 3.63) is 6.07 Å². The Labute approximate surface area is 117 Å². The van der Waals surface area contributed by atoms with Gasteiger partial charge in [-0.2, -0.15) is 0 Å². The van der Waals surface area contributed by atoms with Crippen molar-refractivity contribution >= 4 is 29.3 Å². The van der Waals surface area contributed by atoms with Gasteiger partial charge in [0.05, 0.1) is 0 Å². The molecule has 0 aliphatic carbocycles. The number of nitrogens with one attached hydrogen (secondary N) is 1. The van der Waals surface area contributed by atoms with Crippen molar-refractivity contribution in [2.45, 2.75) is 35.2 Å². The highest BCUT2D eigenvalue weighted by Crippen LogP contribution is 2.30. The highest BCUT2D eigenvalue weighted by Gasteiger charge is 2.16. The zero-order valence-electron chi connectivity index (χ0n) is 10.8. The molecule has 0 atom stereocenters. The summed E-state index contributed by atoms with van der Waals surface area (Å²) < 4.78 is 5.38. The molecule has 1 aromatic heterocycles. The zero-order chi connectivity index (χ0) is 12.8. The second-order valence-electron chi connectivity index (χ2n) is 4.04. The Morgan fingerprint density at radius 1 is 1.39 bits per heavy atom. The lowest BCUT2D eigenvalue weighted by Crippen LogP contribution is -2.17. The van der Waals surface area contributed by atoms with Gasteiger partial charge >= 0.3 is 0 Å². The Morgan fingerprint density at radius 2 is 2.17 bits per heavy atom. The van der Waals surface area contributed by atoms with Crippen molar-refractivity contribution in [3.8, 4) is 0 Å². The Bertz CT molecular complexity index is 384. The minimum absolute atomic E-state index is 0.623. The molecule has 1 saturated heterocycles. The smallest absolute Gasteiger partial charge is 0.190 e. The number of thioether (sulfide) groups is 2. The van der Waals surface area contributed by atoms with Crippen LogP contribution in [0.15, 0.2) is 16.2 Å². The SMILES string of the molecule is CCNc1cc(SC2CCOCC2)nc(SC)n1. The number of hydrogen-bond acceptors (Lipinski definition) is 6. The molecule has 100 valence electrons. The first-order valence-electron chi connectivity index (χ1n) is 6.23. The van der Waals surface area contributed by atoms with Gasteiger partial charge < -0.3 is 10.1 Å². The molecule has 4 nitrogen and oxygen atoms in total. The lowest BCUT2D eigenvalue weighted by molar-refractivity contribution is 0.1000. The summed E-state index contributed by atoms with van der Waals surface area (Å²) in [6, 6.07) is 2.04. The summed E-state index contributed by atoms with van der Waals surface area (Å²) in [5, 5.41) is 5.78. The molecular formula is C12H19N3OS2. The quantitative estimate of drug-likeness (QED) is 0.510. The summed E-state index contributed by atoms with van der Waals surface area (Å²) in [5.74, 6) is 0.923. The lowest BCUT2D eigenvalue weighted by atomic mass is 10.2. The number of rotatable bonds is 5. The van der Waals surface area contributed by atoms with Crippen molar-refractivity contribution in [3.63, 3.8) is 0 Å². The van der Waals surface area contributed by atoms with Gasteiger partial charge in [0.1, 0.15) is 10.8 Å². The number of aromatic nitrogens is 2. The third kappa shape index (κ3) is 4.03. The Balaban J connectivity index is 2.07. The van der Waals surface area contributed by atoms with Crippen LogP contribution in [0, 0.1) is 0 Å². The molecule has 1 fully saturated rings. The topological polar surface area (TPSA) is 47.0 Å². The van der Waals surface area contributed by atoms with Crippen LogP contribution in [0.5, 0.6) is 0 Å². The van der Waals surface area contributed by atoms with Gasteiger partial charge in [-0.05, 0) is 26.0 Å². The van der Waals surface area contributed by atoms with E-state index in [1.807, 2.05) is 24.1 Å². The van der Waals surface area contributed by atoms with Crippen LogP contribution in [0.3, 0.4) is 0 Å². The van der Waals surface area contributed by atoms with Gasteiger partial charge in [0.2, 0.25) is 0 Å². The molecule has 6 heteroatoms. The molecule has 1 aromatic rings. The van der Waals surface area contributed by atoms with E-state index in [2.05, 4.69) is 22.2 Å². The highest BCUT2D eigenvalue weighted by molar-refractivity contribution is 8.00. The number of nitrogens with zero attached hydrogens (tertiary/aromatic N) is 2. The summed E-state index contributed by atoms with van der Waals surface area (Å²) in [4.78, 5) is 9.00. The molecule has 2 heterocycles. The van der Waals surface area contributed by atoms with Crippen LogP contribution in [-0.4, -0.2) is 41.2 Å². The van der Waals surface area contributed by atoms with E-state index in [9.17, 15) is 0 Å². The molecule has 1 aliphatic heterocycles. The van der Waals surface area contributed by atoms with Gasteiger partial charge in [0.15, 0.2) is 5.16 Å². The highest BCUT2D eigenvalue weighted by atomic mass is 32.2. The van der Waals surface area contributed by atoms with E-state index < -0.39 is 0 Å². The second kappa shape index (κ2) is 7.21. The molecule has 1 N–H and O–H groups in total. The maximum atomic E-state index is 5.38. The van der Waals surface area contributed by atoms with Gasteiger partial charge in [0.25, 0.3) is 0 Å². The molecule has 0 saturated carbocycles. The van der Waals surface area contributed by atoms with Crippen LogP contribution in [0.4, 0.5) is 5.82 Å². The van der Waals surface area contributed by atoms with Gasteiger partial charge in [-0.3, -0.25) is 0 Å². The monoisotopic (exact) mass is 285 g/mol. The maximum Gasteiger partial charge on any atom is 0.190 e. The number of ether oxygens (including phenoxy) is 1. The molecular weight excluding hydrogens is 266 g/mol. The van der Waals surface area contributed by atoms with E-state index in [-0.39, 0.29) is 0 Å². The Morgan fingerprint density at radius 3 is 2.83 bits per heavy atom. The fourth-order valence-corrected chi connectivity index (χ4v) is 3.32. The fraction of sp³-hybridized carbons (Fsp3) is 0.667. The van der Waals surface area contributed by atoms with E-state index >= 15 is 0 Å². The van der Waals surface area contributed by atoms with E-state index in [1.165, 1.54) is 0 Å². The summed E-state index contributed by atoms with van der Waals surface area (Å²) in [6.45, 7) is 4.70. The van der Waals surface area contributed by atoms with Crippen LogP contribution in [0.2, 0.25) is 0 Å². The third-order valence-electron chi connectivity index (χ3n) is 2.68. The molecule has 2 rings (SSSR count). The van der Waals surface area contributed by atoms with Gasteiger partial charge in [-0.25, -0.2) is 9.97 Å². The van der Waals surface area contributed by atoms with Gasteiger partial charge in [0, 0.05) is 31.1 Å². The van der Waals surface area contributed by atoms with Crippen molar-refractivity contribution in [1.29, 1.82) is 0 Å². The summed E-state index contributed by atoms with van der Waals surface area (Å²) in [5.41, 5.74) is 0. The second-order valence-corrected chi connectivity index (χ2v) is 6.13. The zero-order valence-corrected chi connectivity index (χ0v) is 12.4. The molecule has 0 bridgehead atoms. The molecule has 0 unspecified atom stereocenters. The van der Waals surface area contributed by atoms with Crippen LogP contribution < -0.4 is 5.32 Å². The van der Waals surface area contributed by atoms with Crippen LogP contribution in [0.1, 0.15) is 19.8 Å². The standard InChI is InChI=1S/C12H19N3OS2/c1-3-13-10-8-11(15-12(14-10)17-2)18-9-4-6-16-7-5-9/h8-9H,3-7H2,1-2H3,(H,13,14,15). The molecule has 0 radical (unpaired) electrons. The van der Waals surface area contributed by atoms with Crippen LogP contribution in [-0.2, 0) is 4.74 Å². The minimum atomic E-state index is 0.623. The molecule has 0 amide bonds. The first kappa shape index (κ1) is 14.0. The van der Waals surface area contributed by atoms with Crippen molar-refractivity contribution in [2.24, 2.45) is 0 Å². The van der Waals surface area contributed by atoms with E-state index in [0.29, 0.717) is 5.25 Å². The van der Waals surface area contributed by atoms with E-state index in [4.69, 9.17) is 4.74 Å². The minimum Gasteiger partial charge on any atom is -0.381 e. The fourth-order valence-electron chi connectivity index (χ4n) is 1.79. The third-order valence-corrected chi connectivity index (χ3v) is 4.48. The largest absolute Gasteiger partial charge is 0.381 e. The Kier molecular flexibility index (Phi) is 5.59. The molecule has 1 aliphatic rings. The van der Waals surface area contributed by atoms with Gasteiger partial charge in [-0.15, -0.1) is 11.8 Å². The number of hydrogen-bond donors (Lipinski definition) is 1. The summed E-state index contributed by atoms with van der Waals surface area (Å²) in [7, 11) is 0. The van der Waals surface area contributed by atoms with E-state index in [1.54, 1.807) is 11.8 Å². The maximum absolute atomic E-state index is 5.38. The molecule has 0 aromatic carbocycles. The summed E-state index contributed by atoms with van der Waals surface area (Å²) >= 11 is 3.43. The van der Waals surface area contributed by atoms with Crippen molar-refractivity contribution in [2.75, 3.05) is 31.3 Å². The normalized spacial score (nSPS) is 16.8. The summed E-state index contributed by atoms with van der Waals surface area (Å²) in [6.07, 6.45) is 4.23. The first-order valence-corrected chi connectivity index (χ1v) is 8.33. The van der Waals surface area contributed by atoms with E-state index in [0.717, 1.165) is 48.6 Å². The predicted octanol–water partition coefficient (Wildman–Crippen LogP) is 2.90. The van der Waals surface area contributed by atoms with Crippen molar-refractivity contribution < 1.29 is 4.74 Å². The average Bonchev–Trinajstić information content (AvgIpc) is 2.40. The lowest BCUT2D eigenvalue weighted by Gasteiger charge is -2.21. The van der Waals surface area contributed by atoms with Gasteiger partial charge in [-0.1, -0.05) is 11.8 Å². The first-order chi connectivity index (χ1) is 8.81. The number of anilines is 1. The van der Waals surface area contributed by atoms with Crippen LogP contribution in [0.25, 0.3) is 0 Å². The predicted molar refractivity (Wildman–Crippen MR) is 77.7 cm³/mol. The molecule has 0 spiro atoms. The molecule has 18 heavy (non-hydrogen) atoms. The average molecular weight is 285 g/mol. The van der Waals surface area contributed by atoms with Crippen molar-refractivity contribution in [1.82, 2.24) is 9.97 Å².